The van der Waals surface area contributed by atoms with Crippen LogP contribution in [0.15, 0.2) is 59.5 Å². The van der Waals surface area contributed by atoms with Crippen molar-refractivity contribution in [2.45, 2.75) is 18.4 Å². The van der Waals surface area contributed by atoms with E-state index in [4.69, 9.17) is 0 Å². The topological polar surface area (TPSA) is 42.0 Å². The summed E-state index contributed by atoms with van der Waals surface area (Å²) in [6.45, 7) is 2.43. The lowest BCUT2D eigenvalue weighted by Gasteiger charge is -2.04. The van der Waals surface area contributed by atoms with Crippen LogP contribution in [-0.4, -0.2) is 16.6 Å². The molecule has 2 aromatic carbocycles. The third-order valence-corrected chi connectivity index (χ3v) is 5.76. The minimum atomic E-state index is -0.274. The van der Waals surface area contributed by atoms with Crippen LogP contribution in [0, 0.1) is 12.7 Å². The Morgan fingerprint density at radius 3 is 2.60 bits per heavy atom. The fraction of sp³-hybridized carbons (Fsp3) is 0.158. The monoisotopic (exact) mass is 372 g/mol. The van der Waals surface area contributed by atoms with Crippen molar-refractivity contribution in [2.75, 3.05) is 5.75 Å². The van der Waals surface area contributed by atoms with Crippen LogP contribution in [-0.2, 0) is 11.3 Å². The van der Waals surface area contributed by atoms with E-state index in [1.54, 1.807) is 23.5 Å². The molecular weight excluding hydrogens is 355 g/mol. The van der Waals surface area contributed by atoms with Crippen molar-refractivity contribution in [3.05, 3.63) is 71.0 Å². The Bertz CT molecular complexity index is 848. The molecule has 0 radical (unpaired) electrons. The molecule has 0 fully saturated rings. The highest BCUT2D eigenvalue weighted by Gasteiger charge is 2.10. The maximum Gasteiger partial charge on any atom is 0.230 e. The molecule has 0 unspecified atom stereocenters. The number of carbonyl (C=O) groups excluding carboxylic acids is 1. The average molecular weight is 372 g/mol. The van der Waals surface area contributed by atoms with Gasteiger partial charge >= 0.3 is 0 Å². The molecule has 3 rings (SSSR count). The molecule has 0 atom stereocenters. The Morgan fingerprint density at radius 2 is 1.88 bits per heavy atom. The minimum absolute atomic E-state index is 0.0524. The number of aryl methyl sites for hydroxylation is 1. The number of rotatable bonds is 6. The fourth-order valence-electron chi connectivity index (χ4n) is 2.21. The van der Waals surface area contributed by atoms with Crippen molar-refractivity contribution in [1.82, 2.24) is 10.3 Å². The quantitative estimate of drug-likeness (QED) is 0.640. The van der Waals surface area contributed by atoms with Crippen molar-refractivity contribution in [3.63, 3.8) is 0 Å². The SMILES string of the molecule is Cc1nc(-c2ccccc2)sc1CNC(=O)CSc1ccc(F)cc1. The zero-order valence-electron chi connectivity index (χ0n) is 13.7. The van der Waals surface area contributed by atoms with Gasteiger partial charge in [0.05, 0.1) is 18.0 Å². The van der Waals surface area contributed by atoms with Gasteiger partial charge in [0.2, 0.25) is 5.91 Å². The van der Waals surface area contributed by atoms with Crippen LogP contribution in [0.1, 0.15) is 10.6 Å². The number of hydrogen-bond donors (Lipinski definition) is 1. The standard InChI is InChI=1S/C19H17FN2OS2/c1-13-17(25-19(22-13)14-5-3-2-4-6-14)11-21-18(23)12-24-16-9-7-15(20)8-10-16/h2-10H,11-12H2,1H3,(H,21,23). The largest absolute Gasteiger partial charge is 0.350 e. The molecule has 1 N–H and O–H groups in total. The van der Waals surface area contributed by atoms with E-state index in [1.807, 2.05) is 37.3 Å². The minimum Gasteiger partial charge on any atom is -0.350 e. The Hall–Kier alpha value is -2.18. The molecule has 3 aromatic rings. The molecule has 1 amide bonds. The van der Waals surface area contributed by atoms with Gasteiger partial charge in [0.15, 0.2) is 0 Å². The summed E-state index contributed by atoms with van der Waals surface area (Å²) >= 11 is 2.98. The molecule has 0 saturated heterocycles. The van der Waals surface area contributed by atoms with Gasteiger partial charge in [-0.05, 0) is 31.2 Å². The first-order chi connectivity index (χ1) is 12.1. The van der Waals surface area contributed by atoms with E-state index >= 15 is 0 Å². The van der Waals surface area contributed by atoms with Crippen molar-refractivity contribution < 1.29 is 9.18 Å². The molecule has 128 valence electrons. The normalized spacial score (nSPS) is 10.6. The van der Waals surface area contributed by atoms with Crippen LogP contribution >= 0.6 is 23.1 Å². The third-order valence-electron chi connectivity index (χ3n) is 3.54. The first-order valence-electron chi connectivity index (χ1n) is 7.78. The molecule has 25 heavy (non-hydrogen) atoms. The molecule has 1 aromatic heterocycles. The molecular formula is C19H17FN2OS2. The van der Waals surface area contributed by atoms with E-state index < -0.39 is 0 Å². The molecule has 0 aliphatic rings. The summed E-state index contributed by atoms with van der Waals surface area (Å²) in [6.07, 6.45) is 0. The molecule has 6 heteroatoms. The summed E-state index contributed by atoms with van der Waals surface area (Å²) in [6, 6.07) is 16.1. The number of amides is 1. The number of benzene rings is 2. The summed E-state index contributed by atoms with van der Waals surface area (Å²) in [4.78, 5) is 18.5. The van der Waals surface area contributed by atoms with Crippen molar-refractivity contribution in [2.24, 2.45) is 0 Å². The lowest BCUT2D eigenvalue weighted by molar-refractivity contribution is -0.118. The van der Waals surface area contributed by atoms with Gasteiger partial charge in [0, 0.05) is 15.3 Å². The van der Waals surface area contributed by atoms with Crippen LogP contribution in [0.25, 0.3) is 10.6 Å². The van der Waals surface area contributed by atoms with Crippen LogP contribution in [0.2, 0.25) is 0 Å². The second-order valence-electron chi connectivity index (χ2n) is 5.41. The van der Waals surface area contributed by atoms with Gasteiger partial charge in [0.1, 0.15) is 10.8 Å². The van der Waals surface area contributed by atoms with Gasteiger partial charge < -0.3 is 5.32 Å². The number of thiazole rings is 1. The molecule has 0 aliphatic heterocycles. The molecule has 3 nitrogen and oxygen atoms in total. The van der Waals surface area contributed by atoms with Gasteiger partial charge in [-0.1, -0.05) is 30.3 Å². The predicted molar refractivity (Wildman–Crippen MR) is 101 cm³/mol. The average Bonchev–Trinajstić information content (AvgIpc) is 3.01. The molecule has 0 saturated carbocycles. The van der Waals surface area contributed by atoms with Gasteiger partial charge in [-0.3, -0.25) is 4.79 Å². The van der Waals surface area contributed by atoms with Gasteiger partial charge in [0.25, 0.3) is 0 Å². The highest BCUT2D eigenvalue weighted by Crippen LogP contribution is 2.27. The maximum absolute atomic E-state index is 12.9. The lowest BCUT2D eigenvalue weighted by atomic mass is 10.2. The van der Waals surface area contributed by atoms with Crippen molar-refractivity contribution >= 4 is 29.0 Å². The summed E-state index contributed by atoms with van der Waals surface area (Å²) < 4.78 is 12.9. The van der Waals surface area contributed by atoms with E-state index in [0.29, 0.717) is 12.3 Å². The number of nitrogens with zero attached hydrogens (tertiary/aromatic N) is 1. The molecule has 0 bridgehead atoms. The summed E-state index contributed by atoms with van der Waals surface area (Å²) in [5.74, 6) is -0.0262. The van der Waals surface area contributed by atoms with Crippen LogP contribution in [0.4, 0.5) is 4.39 Å². The van der Waals surface area contributed by atoms with Crippen molar-refractivity contribution in [3.8, 4) is 10.6 Å². The smallest absolute Gasteiger partial charge is 0.230 e. The number of nitrogens with one attached hydrogen (secondary N) is 1. The summed E-state index contributed by atoms with van der Waals surface area (Å²) in [5.41, 5.74) is 2.02. The van der Waals surface area contributed by atoms with Gasteiger partial charge in [-0.25, -0.2) is 9.37 Å². The van der Waals surface area contributed by atoms with E-state index in [0.717, 1.165) is 26.0 Å². The van der Waals surface area contributed by atoms with E-state index in [9.17, 15) is 9.18 Å². The highest BCUT2D eigenvalue weighted by molar-refractivity contribution is 8.00. The zero-order chi connectivity index (χ0) is 17.6. The number of thioether (sulfide) groups is 1. The first kappa shape index (κ1) is 17.6. The van der Waals surface area contributed by atoms with Gasteiger partial charge in [-0.2, -0.15) is 0 Å². The first-order valence-corrected chi connectivity index (χ1v) is 9.59. The second kappa shape index (κ2) is 8.27. The summed E-state index contributed by atoms with van der Waals surface area (Å²) in [7, 11) is 0. The Kier molecular flexibility index (Phi) is 5.83. The second-order valence-corrected chi connectivity index (χ2v) is 7.55. The Balaban J connectivity index is 1.53. The lowest BCUT2D eigenvalue weighted by Crippen LogP contribution is -2.24. The van der Waals surface area contributed by atoms with Crippen LogP contribution in [0.3, 0.4) is 0 Å². The predicted octanol–water partition coefficient (Wildman–Crippen LogP) is 4.67. The highest BCUT2D eigenvalue weighted by atomic mass is 32.2. The maximum atomic E-state index is 12.9. The van der Waals surface area contributed by atoms with E-state index in [2.05, 4.69) is 10.3 Å². The number of carbonyl (C=O) groups is 1. The van der Waals surface area contributed by atoms with Crippen LogP contribution < -0.4 is 5.32 Å². The molecule has 0 aliphatic carbocycles. The molecule has 1 heterocycles. The zero-order valence-corrected chi connectivity index (χ0v) is 15.3. The molecule has 0 spiro atoms. The number of hydrogen-bond acceptors (Lipinski definition) is 4. The van der Waals surface area contributed by atoms with E-state index in [1.165, 1.54) is 23.9 Å². The number of aromatic nitrogens is 1. The Morgan fingerprint density at radius 1 is 1.16 bits per heavy atom. The number of halogens is 1. The fourth-order valence-corrected chi connectivity index (χ4v) is 3.94. The third kappa shape index (κ3) is 4.90. The van der Waals surface area contributed by atoms with Gasteiger partial charge in [-0.15, -0.1) is 23.1 Å². The summed E-state index contributed by atoms with van der Waals surface area (Å²) in [5, 5.41) is 3.88. The van der Waals surface area contributed by atoms with E-state index in [-0.39, 0.29) is 11.7 Å². The van der Waals surface area contributed by atoms with Crippen LogP contribution in [0.5, 0.6) is 0 Å². The Labute approximate surface area is 154 Å². The van der Waals surface area contributed by atoms with Crippen molar-refractivity contribution in [1.29, 1.82) is 0 Å².